The fraction of sp³-hybridized carbons (Fsp3) is 0.357. The lowest BCUT2D eigenvalue weighted by Crippen LogP contribution is -2.16. The number of nitrogens with zero attached hydrogens (tertiary/aromatic N) is 2. The lowest BCUT2D eigenvalue weighted by atomic mass is 10.3. The molecule has 0 unspecified atom stereocenters. The monoisotopic (exact) mass is 277 g/mol. The zero-order chi connectivity index (χ0) is 13.2. The molecular formula is C14H16FN3S. The van der Waals surface area contributed by atoms with Crippen LogP contribution >= 0.6 is 11.3 Å². The van der Waals surface area contributed by atoms with E-state index in [0.29, 0.717) is 6.04 Å². The Bertz CT molecular complexity index is 548. The van der Waals surface area contributed by atoms with Gasteiger partial charge in [-0.2, -0.15) is 0 Å². The molecule has 2 aromatic rings. The fourth-order valence-corrected chi connectivity index (χ4v) is 2.65. The highest BCUT2D eigenvalue weighted by Crippen LogP contribution is 2.27. The van der Waals surface area contributed by atoms with Crippen LogP contribution in [0.25, 0.3) is 0 Å². The Morgan fingerprint density at radius 3 is 2.79 bits per heavy atom. The number of thiazole rings is 1. The molecule has 1 fully saturated rings. The lowest BCUT2D eigenvalue weighted by molar-refractivity contribution is 0.628. The largest absolute Gasteiger partial charge is 0.321 e. The van der Waals surface area contributed by atoms with Gasteiger partial charge in [-0.05, 0) is 37.1 Å². The van der Waals surface area contributed by atoms with Crippen LogP contribution in [0.4, 0.5) is 15.2 Å². The first kappa shape index (κ1) is 12.6. The molecule has 0 saturated heterocycles. The van der Waals surface area contributed by atoms with Crippen molar-refractivity contribution in [3.63, 3.8) is 0 Å². The van der Waals surface area contributed by atoms with Crippen LogP contribution < -0.4 is 10.2 Å². The average molecular weight is 277 g/mol. The third kappa shape index (κ3) is 3.11. The molecular weight excluding hydrogens is 261 g/mol. The summed E-state index contributed by atoms with van der Waals surface area (Å²) in [6.45, 7) is 0.832. The van der Waals surface area contributed by atoms with Gasteiger partial charge in [-0.15, -0.1) is 11.3 Å². The van der Waals surface area contributed by atoms with Crippen LogP contribution in [0.1, 0.15) is 18.5 Å². The summed E-state index contributed by atoms with van der Waals surface area (Å²) in [7, 11) is 1.95. The summed E-state index contributed by atoms with van der Waals surface area (Å²) in [4.78, 5) is 6.57. The van der Waals surface area contributed by atoms with Crippen LogP contribution in [0.2, 0.25) is 0 Å². The van der Waals surface area contributed by atoms with Gasteiger partial charge in [0.2, 0.25) is 0 Å². The Hall–Kier alpha value is -1.46. The second-order valence-electron chi connectivity index (χ2n) is 4.81. The van der Waals surface area contributed by atoms with E-state index in [4.69, 9.17) is 0 Å². The normalized spacial score (nSPS) is 14.6. The van der Waals surface area contributed by atoms with E-state index in [1.54, 1.807) is 23.5 Å². The highest BCUT2D eigenvalue weighted by Gasteiger charge is 2.20. The number of rotatable bonds is 5. The minimum absolute atomic E-state index is 0.217. The molecule has 1 aromatic heterocycles. The van der Waals surface area contributed by atoms with Gasteiger partial charge < -0.3 is 10.2 Å². The quantitative estimate of drug-likeness (QED) is 0.909. The molecule has 1 N–H and O–H groups in total. The molecule has 3 rings (SSSR count). The molecule has 1 aliphatic carbocycles. The summed E-state index contributed by atoms with van der Waals surface area (Å²) < 4.78 is 12.9. The summed E-state index contributed by atoms with van der Waals surface area (Å²) in [6, 6.07) is 7.15. The van der Waals surface area contributed by atoms with Crippen molar-refractivity contribution in [3.8, 4) is 0 Å². The van der Waals surface area contributed by atoms with Crippen LogP contribution in [0.3, 0.4) is 0 Å². The van der Waals surface area contributed by atoms with Gasteiger partial charge in [0, 0.05) is 30.7 Å². The van der Waals surface area contributed by atoms with Gasteiger partial charge in [0.05, 0.1) is 5.69 Å². The molecule has 1 saturated carbocycles. The Labute approximate surface area is 116 Å². The van der Waals surface area contributed by atoms with E-state index in [9.17, 15) is 4.39 Å². The Morgan fingerprint density at radius 1 is 1.37 bits per heavy atom. The van der Waals surface area contributed by atoms with E-state index >= 15 is 0 Å². The summed E-state index contributed by atoms with van der Waals surface area (Å²) in [5.74, 6) is -0.217. The lowest BCUT2D eigenvalue weighted by Gasteiger charge is -2.15. The molecule has 0 amide bonds. The predicted molar refractivity (Wildman–Crippen MR) is 76.4 cm³/mol. The van der Waals surface area contributed by atoms with Gasteiger partial charge in [0.1, 0.15) is 5.82 Å². The number of anilines is 2. The van der Waals surface area contributed by atoms with E-state index in [1.807, 2.05) is 11.9 Å². The molecule has 19 heavy (non-hydrogen) atoms. The fourth-order valence-electron chi connectivity index (χ4n) is 1.84. The summed E-state index contributed by atoms with van der Waals surface area (Å²) in [6.07, 6.45) is 2.57. The molecule has 100 valence electrons. The minimum atomic E-state index is -0.217. The Morgan fingerprint density at radius 2 is 2.11 bits per heavy atom. The van der Waals surface area contributed by atoms with Crippen LogP contribution in [0, 0.1) is 5.82 Å². The van der Waals surface area contributed by atoms with Crippen molar-refractivity contribution < 1.29 is 4.39 Å². The van der Waals surface area contributed by atoms with Crippen molar-refractivity contribution in [1.29, 1.82) is 0 Å². The zero-order valence-electron chi connectivity index (χ0n) is 10.8. The van der Waals surface area contributed by atoms with Crippen molar-refractivity contribution in [1.82, 2.24) is 10.3 Å². The average Bonchev–Trinajstić information content (AvgIpc) is 3.13. The number of benzene rings is 1. The standard InChI is InChI=1S/C14H16FN3S/c1-18(13-6-2-10(15)3-7-13)14-17-12(9-19-14)8-16-11-4-5-11/h2-3,6-7,9,11,16H,4-5,8H2,1H3. The van der Waals surface area contributed by atoms with Crippen molar-refractivity contribution in [3.05, 3.63) is 41.2 Å². The minimum Gasteiger partial charge on any atom is -0.321 e. The molecule has 0 atom stereocenters. The first-order chi connectivity index (χ1) is 9.22. The molecule has 1 aromatic carbocycles. The number of aromatic nitrogens is 1. The second-order valence-corrected chi connectivity index (χ2v) is 5.65. The second kappa shape index (κ2) is 5.27. The third-order valence-corrected chi connectivity index (χ3v) is 4.16. The number of nitrogens with one attached hydrogen (secondary N) is 1. The molecule has 0 radical (unpaired) electrons. The first-order valence-electron chi connectivity index (χ1n) is 6.39. The molecule has 0 bridgehead atoms. The van der Waals surface area contributed by atoms with Crippen LogP contribution in [0.15, 0.2) is 29.6 Å². The highest BCUT2D eigenvalue weighted by molar-refractivity contribution is 7.13. The highest BCUT2D eigenvalue weighted by atomic mass is 32.1. The van der Waals surface area contributed by atoms with Gasteiger partial charge in [-0.1, -0.05) is 0 Å². The molecule has 0 spiro atoms. The van der Waals surface area contributed by atoms with E-state index in [0.717, 1.165) is 23.1 Å². The molecule has 3 nitrogen and oxygen atoms in total. The third-order valence-electron chi connectivity index (χ3n) is 3.19. The molecule has 1 aliphatic rings. The van der Waals surface area contributed by atoms with E-state index in [1.165, 1.54) is 25.0 Å². The van der Waals surface area contributed by atoms with Crippen molar-refractivity contribution in [2.24, 2.45) is 0 Å². The maximum atomic E-state index is 12.9. The van der Waals surface area contributed by atoms with Gasteiger partial charge in [0.25, 0.3) is 0 Å². The smallest absolute Gasteiger partial charge is 0.189 e. The Kier molecular flexibility index (Phi) is 3.48. The Balaban J connectivity index is 1.68. The van der Waals surface area contributed by atoms with Crippen LogP contribution in [-0.2, 0) is 6.54 Å². The maximum absolute atomic E-state index is 12.9. The summed E-state index contributed by atoms with van der Waals surface area (Å²) in [5.41, 5.74) is 2.01. The van der Waals surface area contributed by atoms with Crippen molar-refractivity contribution in [2.45, 2.75) is 25.4 Å². The van der Waals surface area contributed by atoms with Gasteiger partial charge in [-0.25, -0.2) is 9.37 Å². The van der Waals surface area contributed by atoms with Crippen molar-refractivity contribution >= 4 is 22.2 Å². The predicted octanol–water partition coefficient (Wildman–Crippen LogP) is 3.30. The van der Waals surface area contributed by atoms with Crippen molar-refractivity contribution in [2.75, 3.05) is 11.9 Å². The number of hydrogen-bond acceptors (Lipinski definition) is 4. The molecule has 5 heteroatoms. The first-order valence-corrected chi connectivity index (χ1v) is 7.27. The SMILES string of the molecule is CN(c1ccc(F)cc1)c1nc(CNC2CC2)cs1. The van der Waals surface area contributed by atoms with Gasteiger partial charge in [0.15, 0.2) is 5.13 Å². The van der Waals surface area contributed by atoms with E-state index in [-0.39, 0.29) is 5.82 Å². The summed E-state index contributed by atoms with van der Waals surface area (Å²) in [5, 5.41) is 6.45. The van der Waals surface area contributed by atoms with Gasteiger partial charge >= 0.3 is 0 Å². The van der Waals surface area contributed by atoms with Crippen LogP contribution in [-0.4, -0.2) is 18.1 Å². The van der Waals surface area contributed by atoms with E-state index in [2.05, 4.69) is 15.7 Å². The zero-order valence-corrected chi connectivity index (χ0v) is 11.6. The summed E-state index contributed by atoms with van der Waals surface area (Å²) >= 11 is 1.61. The van der Waals surface area contributed by atoms with Gasteiger partial charge in [-0.3, -0.25) is 0 Å². The van der Waals surface area contributed by atoms with Crippen LogP contribution in [0.5, 0.6) is 0 Å². The topological polar surface area (TPSA) is 28.2 Å². The maximum Gasteiger partial charge on any atom is 0.189 e. The molecule has 1 heterocycles. The van der Waals surface area contributed by atoms with E-state index < -0.39 is 0 Å². The number of halogens is 1. The molecule has 0 aliphatic heterocycles. The number of hydrogen-bond donors (Lipinski definition) is 1.